The van der Waals surface area contributed by atoms with E-state index in [2.05, 4.69) is 4.98 Å². The number of carbonyl (C=O) groups is 1. The molecule has 0 atom stereocenters. The van der Waals surface area contributed by atoms with E-state index >= 15 is 0 Å². The fraction of sp³-hybridized carbons (Fsp3) is 0.0909. The lowest BCUT2D eigenvalue weighted by Gasteiger charge is -2.00. The molecule has 4 heteroatoms. The summed E-state index contributed by atoms with van der Waals surface area (Å²) in [6, 6.07) is 4.95. The van der Waals surface area contributed by atoms with Crippen molar-refractivity contribution in [1.29, 1.82) is 0 Å². The number of benzene rings is 1. The number of aryl methyl sites for hydroxylation is 1. The maximum atomic E-state index is 13.8. The van der Waals surface area contributed by atoms with Crippen LogP contribution in [0.4, 0.5) is 4.39 Å². The first-order chi connectivity index (χ1) is 7.08. The smallest absolute Gasteiger partial charge is 0.226 e. The topological polar surface area (TPSA) is 58.9 Å². The summed E-state index contributed by atoms with van der Waals surface area (Å²) in [5, 5.41) is 0.475. The maximum absolute atomic E-state index is 13.8. The molecular formula is C11H10FN2O. The second kappa shape index (κ2) is 3.38. The number of aromatic amines is 1. The second-order valence-electron chi connectivity index (χ2n) is 3.43. The van der Waals surface area contributed by atoms with Gasteiger partial charge in [0.05, 0.1) is 6.42 Å². The Bertz CT molecular complexity index is 531. The van der Waals surface area contributed by atoms with Crippen LogP contribution in [0.1, 0.15) is 11.3 Å². The van der Waals surface area contributed by atoms with Crippen LogP contribution in [0.3, 0.4) is 0 Å². The minimum absolute atomic E-state index is 0.217. The van der Waals surface area contributed by atoms with Gasteiger partial charge in [0.15, 0.2) is 0 Å². The van der Waals surface area contributed by atoms with Gasteiger partial charge in [-0.1, -0.05) is 6.07 Å². The van der Waals surface area contributed by atoms with Crippen LogP contribution in [0, 0.1) is 19.2 Å². The molecule has 0 saturated carbocycles. The highest BCUT2D eigenvalue weighted by molar-refractivity contribution is 5.90. The van der Waals surface area contributed by atoms with Gasteiger partial charge in [-0.15, -0.1) is 0 Å². The molecule has 77 valence electrons. The fourth-order valence-electron chi connectivity index (χ4n) is 1.59. The monoisotopic (exact) mass is 205 g/mol. The van der Waals surface area contributed by atoms with Crippen LogP contribution < -0.4 is 5.73 Å². The molecule has 1 amide bonds. The molecule has 0 spiro atoms. The summed E-state index contributed by atoms with van der Waals surface area (Å²) in [7, 11) is 0. The van der Waals surface area contributed by atoms with Crippen LogP contribution in [0.15, 0.2) is 18.2 Å². The Kier molecular flexibility index (Phi) is 2.19. The number of carbonyl (C=O) groups excluding carboxylic acids is 1. The van der Waals surface area contributed by atoms with Crippen LogP contribution in [0.25, 0.3) is 10.9 Å². The molecule has 0 fully saturated rings. The Hall–Kier alpha value is -1.84. The third-order valence-corrected chi connectivity index (χ3v) is 2.20. The standard InChI is InChI=1S/C11H10FN2O/c1-6-4-8-9(14-6)3-2-7(11(8)12)5-10(13)15/h2-5,14H,1H3,(H2,13,15). The summed E-state index contributed by atoms with van der Waals surface area (Å²) in [5.74, 6) is -1.07. The number of halogens is 1. The van der Waals surface area contributed by atoms with Gasteiger partial charge in [-0.25, -0.2) is 4.39 Å². The van der Waals surface area contributed by atoms with E-state index in [4.69, 9.17) is 5.73 Å². The van der Waals surface area contributed by atoms with E-state index in [0.717, 1.165) is 12.1 Å². The van der Waals surface area contributed by atoms with Crippen molar-refractivity contribution in [1.82, 2.24) is 4.98 Å². The van der Waals surface area contributed by atoms with Gasteiger partial charge in [0.2, 0.25) is 5.91 Å². The average Bonchev–Trinajstić information content (AvgIpc) is 2.51. The van der Waals surface area contributed by atoms with Crippen LogP contribution >= 0.6 is 0 Å². The molecule has 3 N–H and O–H groups in total. The van der Waals surface area contributed by atoms with Crippen LogP contribution in [-0.4, -0.2) is 10.9 Å². The fourth-order valence-corrected chi connectivity index (χ4v) is 1.59. The molecule has 0 unspecified atom stereocenters. The number of rotatable bonds is 2. The predicted molar refractivity (Wildman–Crippen MR) is 55.6 cm³/mol. The first-order valence-electron chi connectivity index (χ1n) is 4.50. The van der Waals surface area contributed by atoms with Crippen molar-refractivity contribution in [2.75, 3.05) is 0 Å². The van der Waals surface area contributed by atoms with Gasteiger partial charge in [-0.2, -0.15) is 0 Å². The summed E-state index contributed by atoms with van der Waals surface area (Å²) < 4.78 is 13.8. The highest BCUT2D eigenvalue weighted by Gasteiger charge is 2.11. The molecular weight excluding hydrogens is 195 g/mol. The van der Waals surface area contributed by atoms with Gasteiger partial charge in [0, 0.05) is 22.2 Å². The maximum Gasteiger partial charge on any atom is 0.226 e. The molecule has 3 nitrogen and oxygen atoms in total. The van der Waals surface area contributed by atoms with E-state index in [1.165, 1.54) is 6.07 Å². The first-order valence-corrected chi connectivity index (χ1v) is 4.50. The van der Waals surface area contributed by atoms with E-state index in [1.54, 1.807) is 12.1 Å². The van der Waals surface area contributed by atoms with E-state index in [-0.39, 0.29) is 5.56 Å². The zero-order chi connectivity index (χ0) is 11.0. The average molecular weight is 205 g/mol. The van der Waals surface area contributed by atoms with Gasteiger partial charge in [-0.3, -0.25) is 4.79 Å². The van der Waals surface area contributed by atoms with E-state index in [9.17, 15) is 9.18 Å². The Morgan fingerprint density at radius 2 is 2.27 bits per heavy atom. The minimum atomic E-state index is -0.652. The van der Waals surface area contributed by atoms with Gasteiger partial charge >= 0.3 is 0 Å². The lowest BCUT2D eigenvalue weighted by molar-refractivity contribution is -0.114. The molecule has 1 heterocycles. The SMILES string of the molecule is Cc1cc2c(F)c([CH]C(N)=O)ccc2[nH]1. The van der Waals surface area contributed by atoms with E-state index in [1.807, 2.05) is 6.92 Å². The molecule has 2 rings (SSSR count). The van der Waals surface area contributed by atoms with Gasteiger partial charge < -0.3 is 10.7 Å². The quantitative estimate of drug-likeness (QED) is 0.769. The Balaban J connectivity index is 2.58. The Labute approximate surface area is 86.1 Å². The number of hydrogen-bond donors (Lipinski definition) is 2. The molecule has 0 bridgehead atoms. The number of fused-ring (bicyclic) bond motifs is 1. The molecule has 1 radical (unpaired) electrons. The van der Waals surface area contributed by atoms with Gasteiger partial charge in [0.1, 0.15) is 5.82 Å². The Morgan fingerprint density at radius 3 is 2.93 bits per heavy atom. The van der Waals surface area contributed by atoms with Crippen molar-refractivity contribution < 1.29 is 9.18 Å². The summed E-state index contributed by atoms with van der Waals surface area (Å²) in [4.78, 5) is 13.7. The number of amides is 1. The van der Waals surface area contributed by atoms with Crippen molar-refractivity contribution in [2.45, 2.75) is 6.92 Å². The molecule has 0 saturated heterocycles. The highest BCUT2D eigenvalue weighted by Crippen LogP contribution is 2.22. The number of H-pyrrole nitrogens is 1. The summed E-state index contributed by atoms with van der Waals surface area (Å²) in [6.07, 6.45) is 1.08. The molecule has 0 aliphatic carbocycles. The number of hydrogen-bond acceptors (Lipinski definition) is 1. The predicted octanol–water partition coefficient (Wildman–Crippen LogP) is 1.65. The van der Waals surface area contributed by atoms with Crippen LogP contribution in [0.2, 0.25) is 0 Å². The molecule has 1 aromatic heterocycles. The van der Waals surface area contributed by atoms with E-state index in [0.29, 0.717) is 10.9 Å². The van der Waals surface area contributed by atoms with Gasteiger partial charge in [0.25, 0.3) is 0 Å². The molecule has 15 heavy (non-hydrogen) atoms. The van der Waals surface area contributed by atoms with Crippen LogP contribution in [-0.2, 0) is 4.79 Å². The zero-order valence-electron chi connectivity index (χ0n) is 8.17. The third-order valence-electron chi connectivity index (χ3n) is 2.20. The molecule has 0 aliphatic rings. The zero-order valence-corrected chi connectivity index (χ0v) is 8.17. The van der Waals surface area contributed by atoms with E-state index < -0.39 is 11.7 Å². The number of aromatic nitrogens is 1. The van der Waals surface area contributed by atoms with Crippen molar-refractivity contribution in [2.24, 2.45) is 5.73 Å². The molecule has 0 aliphatic heterocycles. The highest BCUT2D eigenvalue weighted by atomic mass is 19.1. The summed E-state index contributed by atoms with van der Waals surface area (Å²) >= 11 is 0. The van der Waals surface area contributed by atoms with Crippen molar-refractivity contribution in [3.05, 3.63) is 41.7 Å². The van der Waals surface area contributed by atoms with Crippen molar-refractivity contribution >= 4 is 16.8 Å². The lowest BCUT2D eigenvalue weighted by Crippen LogP contribution is -2.12. The number of primary amides is 1. The molecule has 2 aromatic rings. The minimum Gasteiger partial charge on any atom is -0.369 e. The third kappa shape index (κ3) is 1.70. The second-order valence-corrected chi connectivity index (χ2v) is 3.43. The number of nitrogens with one attached hydrogen (secondary N) is 1. The summed E-state index contributed by atoms with van der Waals surface area (Å²) in [6.45, 7) is 1.84. The number of nitrogens with two attached hydrogens (primary N) is 1. The lowest BCUT2D eigenvalue weighted by atomic mass is 10.1. The normalized spacial score (nSPS) is 10.8. The van der Waals surface area contributed by atoms with Crippen LogP contribution in [0.5, 0.6) is 0 Å². The van der Waals surface area contributed by atoms with Gasteiger partial charge in [-0.05, 0) is 19.1 Å². The largest absolute Gasteiger partial charge is 0.369 e. The first kappa shape index (κ1) is 9.71. The Morgan fingerprint density at radius 1 is 1.53 bits per heavy atom. The van der Waals surface area contributed by atoms with Crippen molar-refractivity contribution in [3.8, 4) is 0 Å². The summed E-state index contributed by atoms with van der Waals surface area (Å²) in [5.41, 5.74) is 6.78. The molecule has 1 aromatic carbocycles. The van der Waals surface area contributed by atoms with Crippen molar-refractivity contribution in [3.63, 3.8) is 0 Å².